The third kappa shape index (κ3) is 4.80. The van der Waals surface area contributed by atoms with E-state index in [0.29, 0.717) is 12.2 Å². The number of para-hydroxylation sites is 1. The summed E-state index contributed by atoms with van der Waals surface area (Å²) in [4.78, 5) is 18.6. The minimum Gasteiger partial charge on any atom is -0.492 e. The molecule has 2 heterocycles. The summed E-state index contributed by atoms with van der Waals surface area (Å²) in [6, 6.07) is 13.6. The van der Waals surface area contributed by atoms with Gasteiger partial charge in [-0.15, -0.1) is 0 Å². The topological polar surface area (TPSA) is 54.5 Å². The molecule has 0 bridgehead atoms. The molecule has 1 unspecified atom stereocenters. The van der Waals surface area contributed by atoms with Gasteiger partial charge in [0, 0.05) is 31.5 Å². The molecule has 0 aliphatic carbocycles. The number of benzene rings is 1. The van der Waals surface area contributed by atoms with E-state index in [2.05, 4.69) is 15.2 Å². The number of hydrogen-bond acceptors (Lipinski definition) is 4. The number of ether oxygens (including phenoxy) is 1. The van der Waals surface area contributed by atoms with Gasteiger partial charge in [0.1, 0.15) is 12.4 Å². The zero-order valence-corrected chi connectivity index (χ0v) is 13.7. The van der Waals surface area contributed by atoms with Gasteiger partial charge in [0.2, 0.25) is 0 Å². The number of amides is 1. The smallest absolute Gasteiger partial charge is 0.253 e. The Labute approximate surface area is 142 Å². The molecule has 1 saturated heterocycles. The van der Waals surface area contributed by atoms with E-state index in [1.54, 1.807) is 24.5 Å². The average Bonchev–Trinajstić information content (AvgIpc) is 2.64. The number of piperidine rings is 1. The van der Waals surface area contributed by atoms with Crippen LogP contribution in [0.2, 0.25) is 0 Å². The molecule has 1 aromatic carbocycles. The van der Waals surface area contributed by atoms with Gasteiger partial charge in [-0.25, -0.2) is 0 Å². The Kier molecular flexibility index (Phi) is 5.80. The summed E-state index contributed by atoms with van der Waals surface area (Å²) >= 11 is 0. The lowest BCUT2D eigenvalue weighted by molar-refractivity contribution is 0.0896. The molecule has 1 fully saturated rings. The summed E-state index contributed by atoms with van der Waals surface area (Å²) in [5.41, 5.74) is 0.613. The highest BCUT2D eigenvalue weighted by atomic mass is 16.5. The molecule has 1 atom stereocenters. The minimum absolute atomic E-state index is 0.0458. The first kappa shape index (κ1) is 16.5. The maximum Gasteiger partial charge on any atom is 0.253 e. The van der Waals surface area contributed by atoms with Crippen LogP contribution < -0.4 is 10.1 Å². The summed E-state index contributed by atoms with van der Waals surface area (Å²) in [6.07, 6.45) is 5.38. The highest BCUT2D eigenvalue weighted by Crippen LogP contribution is 2.12. The van der Waals surface area contributed by atoms with E-state index in [-0.39, 0.29) is 11.9 Å². The lowest BCUT2D eigenvalue weighted by Gasteiger charge is -2.33. The molecule has 24 heavy (non-hydrogen) atoms. The van der Waals surface area contributed by atoms with Crippen molar-refractivity contribution in [2.45, 2.75) is 18.9 Å². The summed E-state index contributed by atoms with van der Waals surface area (Å²) in [5.74, 6) is 0.853. The van der Waals surface area contributed by atoms with Gasteiger partial charge >= 0.3 is 0 Å². The molecule has 5 heteroatoms. The standard InChI is InChI=1S/C19H23N3O2/c23-19(16-6-4-10-20-14-16)21-17-7-5-11-22(15-17)12-13-24-18-8-2-1-3-9-18/h1-4,6,8-10,14,17H,5,7,11-13,15H2,(H,21,23). The Morgan fingerprint density at radius 1 is 1.25 bits per heavy atom. The number of nitrogens with zero attached hydrogens (tertiary/aromatic N) is 2. The molecule has 1 aromatic heterocycles. The number of nitrogens with one attached hydrogen (secondary N) is 1. The summed E-state index contributed by atoms with van der Waals surface area (Å²) in [7, 11) is 0. The van der Waals surface area contributed by atoms with Gasteiger partial charge in [0.05, 0.1) is 5.56 Å². The summed E-state index contributed by atoms with van der Waals surface area (Å²) < 4.78 is 5.76. The van der Waals surface area contributed by atoms with E-state index in [0.717, 1.165) is 38.2 Å². The fourth-order valence-electron chi connectivity index (χ4n) is 2.95. The Morgan fingerprint density at radius 3 is 2.92 bits per heavy atom. The zero-order valence-electron chi connectivity index (χ0n) is 13.7. The normalized spacial score (nSPS) is 18.1. The molecular formula is C19H23N3O2. The fourth-order valence-corrected chi connectivity index (χ4v) is 2.95. The molecule has 0 saturated carbocycles. The van der Waals surface area contributed by atoms with E-state index >= 15 is 0 Å². The Bertz CT molecular complexity index is 634. The predicted molar refractivity (Wildman–Crippen MR) is 93.1 cm³/mol. The molecule has 5 nitrogen and oxygen atoms in total. The number of aromatic nitrogens is 1. The van der Waals surface area contributed by atoms with Gasteiger partial charge in [-0.1, -0.05) is 18.2 Å². The third-order valence-corrected chi connectivity index (χ3v) is 4.18. The molecule has 0 spiro atoms. The number of carbonyl (C=O) groups is 1. The van der Waals surface area contributed by atoms with Crippen LogP contribution in [0.1, 0.15) is 23.2 Å². The largest absolute Gasteiger partial charge is 0.492 e. The Hall–Kier alpha value is -2.40. The van der Waals surface area contributed by atoms with Crippen LogP contribution in [0.3, 0.4) is 0 Å². The van der Waals surface area contributed by atoms with E-state index < -0.39 is 0 Å². The first-order valence-electron chi connectivity index (χ1n) is 8.42. The van der Waals surface area contributed by atoms with Crippen molar-refractivity contribution in [2.24, 2.45) is 0 Å². The van der Waals surface area contributed by atoms with Gasteiger partial charge in [-0.3, -0.25) is 14.7 Å². The minimum atomic E-state index is -0.0458. The predicted octanol–water partition coefficient (Wildman–Crippen LogP) is 2.35. The van der Waals surface area contributed by atoms with Crippen molar-refractivity contribution < 1.29 is 9.53 Å². The first-order valence-corrected chi connectivity index (χ1v) is 8.42. The average molecular weight is 325 g/mol. The van der Waals surface area contributed by atoms with Crippen molar-refractivity contribution in [3.8, 4) is 5.75 Å². The quantitative estimate of drug-likeness (QED) is 0.886. The van der Waals surface area contributed by atoms with Gasteiger partial charge in [-0.05, 0) is 43.7 Å². The maximum absolute atomic E-state index is 12.2. The number of carbonyl (C=O) groups excluding carboxylic acids is 1. The lowest BCUT2D eigenvalue weighted by Crippen LogP contribution is -2.48. The Morgan fingerprint density at radius 2 is 2.12 bits per heavy atom. The molecule has 3 rings (SSSR count). The van der Waals surface area contributed by atoms with Crippen LogP contribution in [0, 0.1) is 0 Å². The second-order valence-electron chi connectivity index (χ2n) is 6.02. The molecule has 0 radical (unpaired) electrons. The maximum atomic E-state index is 12.2. The number of rotatable bonds is 6. The molecular weight excluding hydrogens is 302 g/mol. The molecule has 2 aromatic rings. The van der Waals surface area contributed by atoms with Crippen LogP contribution in [0.25, 0.3) is 0 Å². The van der Waals surface area contributed by atoms with Crippen molar-refractivity contribution >= 4 is 5.91 Å². The van der Waals surface area contributed by atoms with Crippen LogP contribution in [0.4, 0.5) is 0 Å². The second-order valence-corrected chi connectivity index (χ2v) is 6.02. The summed E-state index contributed by atoms with van der Waals surface area (Å²) in [5, 5.41) is 3.11. The van der Waals surface area contributed by atoms with Crippen LogP contribution in [-0.2, 0) is 0 Å². The molecule has 1 aliphatic rings. The van der Waals surface area contributed by atoms with Crippen LogP contribution >= 0.6 is 0 Å². The van der Waals surface area contributed by atoms with Crippen molar-refractivity contribution in [3.05, 3.63) is 60.4 Å². The molecule has 1 aliphatic heterocycles. The van der Waals surface area contributed by atoms with Crippen LogP contribution in [0.15, 0.2) is 54.9 Å². The third-order valence-electron chi connectivity index (χ3n) is 4.18. The molecule has 1 N–H and O–H groups in total. The second kappa shape index (κ2) is 8.45. The van der Waals surface area contributed by atoms with E-state index in [9.17, 15) is 4.79 Å². The zero-order chi connectivity index (χ0) is 16.6. The highest BCUT2D eigenvalue weighted by Gasteiger charge is 2.21. The van der Waals surface area contributed by atoms with Crippen molar-refractivity contribution in [3.63, 3.8) is 0 Å². The van der Waals surface area contributed by atoms with Gasteiger partial charge in [0.15, 0.2) is 0 Å². The van der Waals surface area contributed by atoms with Crippen molar-refractivity contribution in [1.29, 1.82) is 0 Å². The highest BCUT2D eigenvalue weighted by molar-refractivity contribution is 5.94. The SMILES string of the molecule is O=C(NC1CCCN(CCOc2ccccc2)C1)c1cccnc1. The van der Waals surface area contributed by atoms with Gasteiger partial charge in [-0.2, -0.15) is 0 Å². The fraction of sp³-hybridized carbons (Fsp3) is 0.368. The number of hydrogen-bond donors (Lipinski definition) is 1. The monoisotopic (exact) mass is 325 g/mol. The molecule has 1 amide bonds. The van der Waals surface area contributed by atoms with E-state index in [1.807, 2.05) is 30.3 Å². The van der Waals surface area contributed by atoms with Crippen molar-refractivity contribution in [2.75, 3.05) is 26.2 Å². The van der Waals surface area contributed by atoms with E-state index in [1.165, 1.54) is 0 Å². The first-order chi connectivity index (χ1) is 11.8. The van der Waals surface area contributed by atoms with E-state index in [4.69, 9.17) is 4.74 Å². The van der Waals surface area contributed by atoms with Gasteiger partial charge in [0.25, 0.3) is 5.91 Å². The molecule has 126 valence electrons. The lowest BCUT2D eigenvalue weighted by atomic mass is 10.1. The summed E-state index contributed by atoms with van der Waals surface area (Å²) in [6.45, 7) is 3.45. The van der Waals surface area contributed by atoms with Gasteiger partial charge < -0.3 is 10.1 Å². The van der Waals surface area contributed by atoms with Crippen molar-refractivity contribution in [1.82, 2.24) is 15.2 Å². The van der Waals surface area contributed by atoms with Crippen LogP contribution in [-0.4, -0.2) is 48.1 Å². The number of pyridine rings is 1. The van der Waals surface area contributed by atoms with Crippen LogP contribution in [0.5, 0.6) is 5.75 Å². The number of likely N-dealkylation sites (tertiary alicyclic amines) is 1. The Balaban J connectivity index is 1.43.